The van der Waals surface area contributed by atoms with Crippen molar-refractivity contribution in [3.05, 3.63) is 36.4 Å². The van der Waals surface area contributed by atoms with Gasteiger partial charge in [0.2, 0.25) is 0 Å². The fraction of sp³-hybridized carbons (Fsp3) is 0.412. The molecule has 142 valence electrons. The number of nitrogens with zero attached hydrogens (tertiary/aromatic N) is 6. The van der Waals surface area contributed by atoms with Crippen molar-refractivity contribution in [1.29, 1.82) is 0 Å². The van der Waals surface area contributed by atoms with Crippen LogP contribution in [-0.4, -0.2) is 61.6 Å². The van der Waals surface area contributed by atoms with E-state index in [-0.39, 0.29) is 24.4 Å². The number of fused-ring (bicyclic) bond motifs is 1. The maximum atomic E-state index is 13.0. The molecule has 0 aliphatic carbocycles. The topological polar surface area (TPSA) is 88.7 Å². The van der Waals surface area contributed by atoms with E-state index in [2.05, 4.69) is 20.1 Å². The molecular formula is C17H18F2N6O2. The van der Waals surface area contributed by atoms with Gasteiger partial charge in [0.05, 0.1) is 37.3 Å². The number of halogens is 2. The molecule has 0 saturated carbocycles. The maximum absolute atomic E-state index is 13.0. The molecule has 8 nitrogen and oxygen atoms in total. The number of aliphatic hydroxyl groups is 1. The van der Waals surface area contributed by atoms with E-state index in [9.17, 15) is 13.9 Å². The molecule has 10 heteroatoms. The molecule has 1 aliphatic rings. The van der Waals surface area contributed by atoms with Crippen molar-refractivity contribution >= 4 is 11.5 Å². The molecule has 0 aromatic carbocycles. The Hall–Kier alpha value is -2.72. The van der Waals surface area contributed by atoms with E-state index >= 15 is 0 Å². The summed E-state index contributed by atoms with van der Waals surface area (Å²) in [5.41, 5.74) is 1.14. The first-order valence-corrected chi connectivity index (χ1v) is 8.51. The van der Waals surface area contributed by atoms with Gasteiger partial charge in [0.1, 0.15) is 23.5 Å². The summed E-state index contributed by atoms with van der Waals surface area (Å²) >= 11 is 0. The van der Waals surface area contributed by atoms with Crippen molar-refractivity contribution < 1.29 is 18.6 Å². The largest absolute Gasteiger partial charge is 0.394 e. The number of rotatable bonds is 4. The minimum atomic E-state index is -2.67. The summed E-state index contributed by atoms with van der Waals surface area (Å²) in [7, 11) is 0. The number of hydrogen-bond donors (Lipinski definition) is 1. The zero-order valence-corrected chi connectivity index (χ0v) is 14.5. The highest BCUT2D eigenvalue weighted by Gasteiger charge is 2.27. The van der Waals surface area contributed by atoms with Crippen molar-refractivity contribution in [3.8, 4) is 11.4 Å². The average Bonchev–Trinajstić information content (AvgIpc) is 3.11. The van der Waals surface area contributed by atoms with Gasteiger partial charge in [0.25, 0.3) is 6.43 Å². The van der Waals surface area contributed by atoms with Gasteiger partial charge in [0, 0.05) is 12.6 Å². The molecule has 0 bridgehead atoms. The number of morpholine rings is 1. The molecule has 2 atom stereocenters. The molecule has 4 rings (SSSR count). The Morgan fingerprint density at radius 2 is 2.15 bits per heavy atom. The summed E-state index contributed by atoms with van der Waals surface area (Å²) in [6, 6.07) is 4.58. The van der Waals surface area contributed by atoms with Gasteiger partial charge in [-0.2, -0.15) is 5.10 Å². The van der Waals surface area contributed by atoms with Gasteiger partial charge in [-0.05, 0) is 19.1 Å². The van der Waals surface area contributed by atoms with E-state index in [0.717, 1.165) is 0 Å². The van der Waals surface area contributed by atoms with Crippen LogP contribution in [0.3, 0.4) is 0 Å². The van der Waals surface area contributed by atoms with Gasteiger partial charge >= 0.3 is 0 Å². The molecule has 4 heterocycles. The smallest absolute Gasteiger partial charge is 0.282 e. The molecule has 0 amide bonds. The summed E-state index contributed by atoms with van der Waals surface area (Å²) in [6.45, 7) is 2.89. The lowest BCUT2D eigenvalue weighted by molar-refractivity contribution is -0.0105. The van der Waals surface area contributed by atoms with Crippen LogP contribution < -0.4 is 4.90 Å². The summed E-state index contributed by atoms with van der Waals surface area (Å²) in [5.74, 6) is 0.661. The SMILES string of the molecule is CC1COC(CO)CN1c1cc(-c2cnc3ccc(C(F)F)nn23)ncn1. The summed E-state index contributed by atoms with van der Waals surface area (Å²) < 4.78 is 32.9. The third-order valence-electron chi connectivity index (χ3n) is 4.53. The first kappa shape index (κ1) is 17.7. The zero-order valence-electron chi connectivity index (χ0n) is 14.5. The van der Waals surface area contributed by atoms with Gasteiger partial charge in [-0.15, -0.1) is 0 Å². The lowest BCUT2D eigenvalue weighted by atomic mass is 10.2. The van der Waals surface area contributed by atoms with Crippen LogP contribution in [0.5, 0.6) is 0 Å². The quantitative estimate of drug-likeness (QED) is 0.741. The predicted molar refractivity (Wildman–Crippen MR) is 92.6 cm³/mol. The van der Waals surface area contributed by atoms with Gasteiger partial charge in [0.15, 0.2) is 5.65 Å². The fourth-order valence-corrected chi connectivity index (χ4v) is 3.07. The number of aromatic nitrogens is 5. The van der Waals surface area contributed by atoms with Crippen LogP contribution in [0.2, 0.25) is 0 Å². The number of ether oxygens (including phenoxy) is 1. The summed E-state index contributed by atoms with van der Waals surface area (Å²) in [4.78, 5) is 14.8. The molecule has 0 spiro atoms. The van der Waals surface area contributed by atoms with Crippen LogP contribution in [0.4, 0.5) is 14.6 Å². The molecule has 2 unspecified atom stereocenters. The second-order valence-corrected chi connectivity index (χ2v) is 6.37. The molecular weight excluding hydrogens is 358 g/mol. The molecule has 3 aromatic rings. The first-order valence-electron chi connectivity index (χ1n) is 8.51. The maximum Gasteiger partial charge on any atom is 0.282 e. The minimum absolute atomic E-state index is 0.0706. The van der Waals surface area contributed by atoms with Gasteiger partial charge in [-0.25, -0.2) is 28.2 Å². The molecule has 0 radical (unpaired) electrons. The molecule has 1 fully saturated rings. The van der Waals surface area contributed by atoms with E-state index < -0.39 is 6.43 Å². The number of hydrogen-bond acceptors (Lipinski definition) is 7. The molecule has 1 N–H and O–H groups in total. The fourth-order valence-electron chi connectivity index (χ4n) is 3.07. The monoisotopic (exact) mass is 376 g/mol. The van der Waals surface area contributed by atoms with Crippen molar-refractivity contribution in [3.63, 3.8) is 0 Å². The lowest BCUT2D eigenvalue weighted by Crippen LogP contribution is -2.50. The highest BCUT2D eigenvalue weighted by Crippen LogP contribution is 2.25. The van der Waals surface area contributed by atoms with E-state index in [1.54, 1.807) is 12.3 Å². The first-order chi connectivity index (χ1) is 13.1. The Kier molecular flexibility index (Phi) is 4.66. The van der Waals surface area contributed by atoms with Crippen LogP contribution in [0.25, 0.3) is 17.0 Å². The zero-order chi connectivity index (χ0) is 19.0. The van der Waals surface area contributed by atoms with Crippen LogP contribution >= 0.6 is 0 Å². The number of aliphatic hydroxyl groups excluding tert-OH is 1. The lowest BCUT2D eigenvalue weighted by Gasteiger charge is -2.38. The Labute approximate surface area is 153 Å². The third-order valence-corrected chi connectivity index (χ3v) is 4.53. The standard InChI is InChI=1S/C17H18F2N6O2/c1-10-8-27-11(7-26)6-24(10)16-4-13(21-9-22-16)14-5-20-15-3-2-12(17(18)19)23-25(14)15/h2-5,9-11,17,26H,6-8H2,1H3. The highest BCUT2D eigenvalue weighted by atomic mass is 19.3. The normalized spacial score (nSPS) is 20.6. The third kappa shape index (κ3) is 3.33. The van der Waals surface area contributed by atoms with E-state index in [1.807, 2.05) is 11.8 Å². The Morgan fingerprint density at radius 1 is 1.30 bits per heavy atom. The van der Waals surface area contributed by atoms with Crippen LogP contribution in [0.1, 0.15) is 19.0 Å². The second kappa shape index (κ2) is 7.12. The van der Waals surface area contributed by atoms with Crippen LogP contribution in [-0.2, 0) is 4.74 Å². The van der Waals surface area contributed by atoms with Crippen molar-refractivity contribution in [2.45, 2.75) is 25.5 Å². The Balaban J connectivity index is 1.72. The average molecular weight is 376 g/mol. The number of alkyl halides is 2. The molecule has 3 aromatic heterocycles. The predicted octanol–water partition coefficient (Wildman–Crippen LogP) is 1.71. The van der Waals surface area contributed by atoms with E-state index in [0.29, 0.717) is 36.0 Å². The Bertz CT molecular complexity index is 950. The van der Waals surface area contributed by atoms with Gasteiger partial charge in [-0.3, -0.25) is 0 Å². The molecule has 1 aliphatic heterocycles. The second-order valence-electron chi connectivity index (χ2n) is 6.37. The van der Waals surface area contributed by atoms with Crippen molar-refractivity contribution in [2.24, 2.45) is 0 Å². The molecule has 27 heavy (non-hydrogen) atoms. The van der Waals surface area contributed by atoms with Crippen LogP contribution in [0, 0.1) is 0 Å². The summed E-state index contributed by atoms with van der Waals surface area (Å²) in [5, 5.41) is 13.3. The highest BCUT2D eigenvalue weighted by molar-refractivity contribution is 5.62. The van der Waals surface area contributed by atoms with Gasteiger partial charge in [-0.1, -0.05) is 0 Å². The Morgan fingerprint density at radius 3 is 2.93 bits per heavy atom. The van der Waals surface area contributed by atoms with Crippen molar-refractivity contribution in [2.75, 3.05) is 24.7 Å². The number of anilines is 1. The van der Waals surface area contributed by atoms with Gasteiger partial charge < -0.3 is 14.7 Å². The molecule has 1 saturated heterocycles. The number of imidazole rings is 1. The minimum Gasteiger partial charge on any atom is -0.394 e. The summed E-state index contributed by atoms with van der Waals surface area (Å²) in [6.07, 6.45) is 0.000962. The van der Waals surface area contributed by atoms with E-state index in [1.165, 1.54) is 23.0 Å². The van der Waals surface area contributed by atoms with Crippen LogP contribution in [0.15, 0.2) is 30.7 Å². The van der Waals surface area contributed by atoms with E-state index in [4.69, 9.17) is 4.74 Å². The van der Waals surface area contributed by atoms with Crippen molar-refractivity contribution in [1.82, 2.24) is 24.6 Å².